The number of anilines is 1. The highest BCUT2D eigenvalue weighted by atomic mass is 35.5. The maximum absolute atomic E-state index is 6.49. The summed E-state index contributed by atoms with van der Waals surface area (Å²) in [6, 6.07) is 15.2. The third-order valence-electron chi connectivity index (χ3n) is 5.10. The molecule has 0 bridgehead atoms. The molecule has 112 valence electrons. The van der Waals surface area contributed by atoms with Crippen molar-refractivity contribution in [1.29, 1.82) is 0 Å². The first kappa shape index (κ1) is 13.9. The van der Waals surface area contributed by atoms with Gasteiger partial charge < -0.3 is 5.32 Å². The molecule has 0 saturated heterocycles. The van der Waals surface area contributed by atoms with Crippen LogP contribution in [0.3, 0.4) is 0 Å². The Balaban J connectivity index is 1.85. The molecule has 0 amide bonds. The van der Waals surface area contributed by atoms with Crippen LogP contribution >= 0.6 is 11.6 Å². The monoisotopic (exact) mass is 309 g/mol. The smallest absolute Gasteiger partial charge is 0.0568 e. The van der Waals surface area contributed by atoms with Gasteiger partial charge in [-0.1, -0.05) is 67.1 Å². The maximum atomic E-state index is 6.49. The average molecular weight is 310 g/mol. The van der Waals surface area contributed by atoms with Crippen molar-refractivity contribution in [2.75, 3.05) is 5.32 Å². The largest absolute Gasteiger partial charge is 0.377 e. The Morgan fingerprint density at radius 2 is 1.91 bits per heavy atom. The lowest BCUT2D eigenvalue weighted by Crippen LogP contribution is -2.30. The summed E-state index contributed by atoms with van der Waals surface area (Å²) >= 11 is 6.49. The molecule has 0 unspecified atom stereocenters. The summed E-state index contributed by atoms with van der Waals surface area (Å²) in [7, 11) is 0. The second-order valence-corrected chi connectivity index (χ2v) is 6.64. The zero-order valence-corrected chi connectivity index (χ0v) is 13.5. The summed E-state index contributed by atoms with van der Waals surface area (Å²) in [4.78, 5) is 0. The van der Waals surface area contributed by atoms with E-state index >= 15 is 0 Å². The van der Waals surface area contributed by atoms with Crippen LogP contribution in [0.4, 0.5) is 5.69 Å². The van der Waals surface area contributed by atoms with Crippen LogP contribution < -0.4 is 5.32 Å². The fraction of sp³-hybridized carbons (Fsp3) is 0.300. The summed E-state index contributed by atoms with van der Waals surface area (Å²) in [5.41, 5.74) is 5.39. The molecule has 2 heteroatoms. The molecule has 2 aromatic rings. The van der Waals surface area contributed by atoms with Gasteiger partial charge in [0.15, 0.2) is 0 Å². The molecule has 1 aliphatic carbocycles. The Kier molecular flexibility index (Phi) is 3.46. The molecule has 2 aromatic carbocycles. The lowest BCUT2D eigenvalue weighted by atomic mass is 9.76. The first-order valence-corrected chi connectivity index (χ1v) is 8.46. The first-order chi connectivity index (χ1) is 10.8. The van der Waals surface area contributed by atoms with Gasteiger partial charge >= 0.3 is 0 Å². The maximum Gasteiger partial charge on any atom is 0.0568 e. The number of para-hydroxylation sites is 1. The normalized spacial score (nSPS) is 25.5. The van der Waals surface area contributed by atoms with Gasteiger partial charge in [0.25, 0.3) is 0 Å². The standard InChI is InChI=1S/C20H20ClN/c1-2-13-7-5-10-15-14-9-6-11-16(14)20(22-19(13)15)17-8-3-4-12-18(17)21/h3-10,12,14,16,20,22H,2,11H2,1H3/t14-,16+,20-/m0/s1. The fourth-order valence-electron chi connectivity index (χ4n) is 4.02. The van der Waals surface area contributed by atoms with E-state index in [-0.39, 0.29) is 6.04 Å². The number of aryl methyl sites for hydroxylation is 1. The van der Waals surface area contributed by atoms with E-state index in [0.29, 0.717) is 11.8 Å². The van der Waals surface area contributed by atoms with Crippen LogP contribution in [0.15, 0.2) is 54.6 Å². The van der Waals surface area contributed by atoms with Crippen molar-refractivity contribution < 1.29 is 0 Å². The topological polar surface area (TPSA) is 12.0 Å². The summed E-state index contributed by atoms with van der Waals surface area (Å²) in [6.07, 6.45) is 6.87. The van der Waals surface area contributed by atoms with Crippen LogP contribution in [0.5, 0.6) is 0 Å². The lowest BCUT2D eigenvalue weighted by molar-refractivity contribution is 0.425. The van der Waals surface area contributed by atoms with Crippen LogP contribution in [-0.2, 0) is 6.42 Å². The van der Waals surface area contributed by atoms with E-state index in [1.165, 1.54) is 22.4 Å². The van der Waals surface area contributed by atoms with Crippen molar-refractivity contribution in [1.82, 2.24) is 0 Å². The van der Waals surface area contributed by atoms with Gasteiger partial charge in [-0.3, -0.25) is 0 Å². The molecule has 0 aromatic heterocycles. The SMILES string of the molecule is CCc1cccc2c1N[C@H](c1ccccc1Cl)[C@@H]1CC=C[C@@H]21. The van der Waals surface area contributed by atoms with Gasteiger partial charge in [-0.2, -0.15) is 0 Å². The van der Waals surface area contributed by atoms with E-state index in [1.807, 2.05) is 12.1 Å². The van der Waals surface area contributed by atoms with Crippen LogP contribution in [0, 0.1) is 5.92 Å². The molecule has 22 heavy (non-hydrogen) atoms. The Morgan fingerprint density at radius 1 is 1.09 bits per heavy atom. The number of allylic oxidation sites excluding steroid dienone is 2. The molecule has 0 spiro atoms. The Labute approximate surface area is 137 Å². The first-order valence-electron chi connectivity index (χ1n) is 8.09. The summed E-state index contributed by atoms with van der Waals surface area (Å²) in [6.45, 7) is 2.22. The number of nitrogens with one attached hydrogen (secondary N) is 1. The third-order valence-corrected chi connectivity index (χ3v) is 5.45. The zero-order chi connectivity index (χ0) is 15.1. The molecular formula is C20H20ClN. The predicted molar refractivity (Wildman–Crippen MR) is 93.6 cm³/mol. The van der Waals surface area contributed by atoms with E-state index < -0.39 is 0 Å². The van der Waals surface area contributed by atoms with Crippen molar-refractivity contribution in [3.8, 4) is 0 Å². The van der Waals surface area contributed by atoms with Crippen LogP contribution in [0.2, 0.25) is 5.02 Å². The van der Waals surface area contributed by atoms with Crippen LogP contribution in [-0.4, -0.2) is 0 Å². The third kappa shape index (κ3) is 2.07. The van der Waals surface area contributed by atoms with E-state index in [4.69, 9.17) is 11.6 Å². The minimum atomic E-state index is 0.286. The molecular weight excluding hydrogens is 290 g/mol. The van der Waals surface area contributed by atoms with E-state index in [0.717, 1.165) is 17.9 Å². The van der Waals surface area contributed by atoms with Crippen molar-refractivity contribution in [3.63, 3.8) is 0 Å². The van der Waals surface area contributed by atoms with Crippen molar-refractivity contribution in [2.45, 2.75) is 31.7 Å². The fourth-order valence-corrected chi connectivity index (χ4v) is 4.27. The van der Waals surface area contributed by atoms with Gasteiger partial charge in [-0.25, -0.2) is 0 Å². The molecule has 1 heterocycles. The predicted octanol–water partition coefficient (Wildman–Crippen LogP) is 5.73. The molecule has 0 fully saturated rings. The quantitative estimate of drug-likeness (QED) is 0.699. The Hall–Kier alpha value is -1.73. The van der Waals surface area contributed by atoms with E-state index in [1.54, 1.807) is 0 Å². The number of hydrogen-bond donors (Lipinski definition) is 1. The Morgan fingerprint density at radius 3 is 2.73 bits per heavy atom. The molecule has 3 atom stereocenters. The van der Waals surface area contributed by atoms with Crippen molar-refractivity contribution in [2.24, 2.45) is 5.92 Å². The molecule has 4 rings (SSSR count). The highest BCUT2D eigenvalue weighted by Crippen LogP contribution is 2.51. The molecule has 1 aliphatic heterocycles. The number of fused-ring (bicyclic) bond motifs is 3. The molecule has 0 saturated carbocycles. The van der Waals surface area contributed by atoms with Gasteiger partial charge in [0.05, 0.1) is 6.04 Å². The summed E-state index contributed by atoms with van der Waals surface area (Å²) < 4.78 is 0. The Bertz CT molecular complexity index is 734. The highest BCUT2D eigenvalue weighted by molar-refractivity contribution is 6.31. The second-order valence-electron chi connectivity index (χ2n) is 6.23. The zero-order valence-electron chi connectivity index (χ0n) is 12.7. The van der Waals surface area contributed by atoms with Crippen LogP contribution in [0.1, 0.15) is 42.0 Å². The number of rotatable bonds is 2. The van der Waals surface area contributed by atoms with Gasteiger partial charge in [-0.15, -0.1) is 0 Å². The van der Waals surface area contributed by atoms with Gasteiger partial charge in [0.2, 0.25) is 0 Å². The van der Waals surface area contributed by atoms with Gasteiger partial charge in [0, 0.05) is 16.6 Å². The van der Waals surface area contributed by atoms with Gasteiger partial charge in [0.1, 0.15) is 0 Å². The average Bonchev–Trinajstić information content (AvgIpc) is 3.04. The summed E-state index contributed by atoms with van der Waals surface area (Å²) in [5.74, 6) is 1.06. The van der Waals surface area contributed by atoms with Crippen molar-refractivity contribution >= 4 is 17.3 Å². The minimum absolute atomic E-state index is 0.286. The number of hydrogen-bond acceptors (Lipinski definition) is 1. The molecule has 1 nitrogen and oxygen atoms in total. The minimum Gasteiger partial charge on any atom is -0.377 e. The second kappa shape index (κ2) is 5.48. The van der Waals surface area contributed by atoms with Gasteiger partial charge in [-0.05, 0) is 41.5 Å². The molecule has 1 N–H and O–H groups in total. The van der Waals surface area contributed by atoms with E-state index in [2.05, 4.69) is 54.7 Å². The highest BCUT2D eigenvalue weighted by Gasteiger charge is 2.38. The van der Waals surface area contributed by atoms with E-state index in [9.17, 15) is 0 Å². The summed E-state index contributed by atoms with van der Waals surface area (Å²) in [5, 5.41) is 4.68. The molecule has 2 aliphatic rings. The van der Waals surface area contributed by atoms with Crippen LogP contribution in [0.25, 0.3) is 0 Å². The lowest BCUT2D eigenvalue weighted by Gasteiger charge is -2.38. The number of benzene rings is 2. The molecule has 0 radical (unpaired) electrons. The number of halogens is 1. The van der Waals surface area contributed by atoms with Crippen molar-refractivity contribution in [3.05, 3.63) is 76.3 Å².